The summed E-state index contributed by atoms with van der Waals surface area (Å²) in [5.41, 5.74) is 6.86. The highest BCUT2D eigenvalue weighted by atomic mass is 16.2. The molecular weight excluding hydrogens is 254 g/mol. The molecule has 108 valence electrons. The minimum Gasteiger partial charge on any atom is -0.399 e. The maximum Gasteiger partial charge on any atom is 0.241 e. The highest BCUT2D eigenvalue weighted by molar-refractivity contribution is 5.94. The summed E-state index contributed by atoms with van der Waals surface area (Å²) in [7, 11) is 1.72. The van der Waals surface area contributed by atoms with Gasteiger partial charge >= 0.3 is 0 Å². The zero-order chi connectivity index (χ0) is 14.8. The van der Waals surface area contributed by atoms with E-state index in [1.807, 2.05) is 19.1 Å². The van der Waals surface area contributed by atoms with Crippen LogP contribution in [0.15, 0.2) is 24.3 Å². The zero-order valence-electron chi connectivity index (χ0n) is 12.0. The van der Waals surface area contributed by atoms with Crippen LogP contribution in [0, 0.1) is 0 Å². The first-order valence-corrected chi connectivity index (χ1v) is 6.88. The molecule has 0 atom stereocenters. The third-order valence-corrected chi connectivity index (χ3v) is 3.95. The molecule has 1 aliphatic carbocycles. The summed E-state index contributed by atoms with van der Waals surface area (Å²) in [6.07, 6.45) is 1.64. The van der Waals surface area contributed by atoms with Gasteiger partial charge in [-0.1, -0.05) is 12.1 Å². The van der Waals surface area contributed by atoms with Gasteiger partial charge in [0.2, 0.25) is 11.8 Å². The lowest BCUT2D eigenvalue weighted by atomic mass is 9.95. The maximum atomic E-state index is 12.3. The van der Waals surface area contributed by atoms with Gasteiger partial charge in [-0.15, -0.1) is 0 Å². The molecule has 0 saturated heterocycles. The number of amides is 2. The van der Waals surface area contributed by atoms with E-state index in [1.165, 1.54) is 0 Å². The lowest BCUT2D eigenvalue weighted by Gasteiger charge is -2.18. The quantitative estimate of drug-likeness (QED) is 0.784. The summed E-state index contributed by atoms with van der Waals surface area (Å²) < 4.78 is 0. The monoisotopic (exact) mass is 275 g/mol. The summed E-state index contributed by atoms with van der Waals surface area (Å²) in [4.78, 5) is 25.6. The van der Waals surface area contributed by atoms with Gasteiger partial charge in [-0.3, -0.25) is 9.59 Å². The van der Waals surface area contributed by atoms with E-state index in [9.17, 15) is 9.59 Å². The van der Waals surface area contributed by atoms with E-state index in [-0.39, 0.29) is 18.4 Å². The molecule has 0 aromatic heterocycles. The van der Waals surface area contributed by atoms with Crippen LogP contribution in [0.25, 0.3) is 0 Å². The number of nitrogens with zero attached hydrogens (tertiary/aromatic N) is 1. The molecule has 1 aromatic rings. The van der Waals surface area contributed by atoms with Crippen molar-refractivity contribution in [3.63, 3.8) is 0 Å². The van der Waals surface area contributed by atoms with Gasteiger partial charge in [0, 0.05) is 19.3 Å². The average molecular weight is 275 g/mol. The Kier molecular flexibility index (Phi) is 3.97. The van der Waals surface area contributed by atoms with Gasteiger partial charge in [0.05, 0.1) is 12.0 Å². The van der Waals surface area contributed by atoms with Crippen LogP contribution < -0.4 is 11.1 Å². The fourth-order valence-electron chi connectivity index (χ4n) is 2.21. The van der Waals surface area contributed by atoms with Gasteiger partial charge in [0.15, 0.2) is 0 Å². The Morgan fingerprint density at radius 3 is 2.40 bits per heavy atom. The van der Waals surface area contributed by atoms with E-state index in [1.54, 1.807) is 24.1 Å². The van der Waals surface area contributed by atoms with E-state index in [0.29, 0.717) is 12.2 Å². The minimum atomic E-state index is -0.460. The van der Waals surface area contributed by atoms with Crippen LogP contribution >= 0.6 is 0 Å². The summed E-state index contributed by atoms with van der Waals surface area (Å²) >= 11 is 0. The van der Waals surface area contributed by atoms with Crippen molar-refractivity contribution in [2.24, 2.45) is 0 Å². The van der Waals surface area contributed by atoms with Crippen molar-refractivity contribution in [2.75, 3.05) is 25.9 Å². The van der Waals surface area contributed by atoms with Gasteiger partial charge in [-0.2, -0.15) is 0 Å². The Labute approximate surface area is 119 Å². The van der Waals surface area contributed by atoms with Gasteiger partial charge in [0.25, 0.3) is 0 Å². The summed E-state index contributed by atoms with van der Waals surface area (Å²) in [6.45, 7) is 2.59. The number of rotatable bonds is 5. The second-order valence-electron chi connectivity index (χ2n) is 5.29. The largest absolute Gasteiger partial charge is 0.399 e. The molecule has 2 rings (SSSR count). The van der Waals surface area contributed by atoms with Gasteiger partial charge in [0.1, 0.15) is 0 Å². The van der Waals surface area contributed by atoms with Crippen molar-refractivity contribution in [1.82, 2.24) is 10.2 Å². The highest BCUT2D eigenvalue weighted by Crippen LogP contribution is 2.48. The summed E-state index contributed by atoms with van der Waals surface area (Å²) in [6, 6.07) is 7.39. The average Bonchev–Trinajstić information content (AvgIpc) is 3.25. The van der Waals surface area contributed by atoms with Gasteiger partial charge < -0.3 is 16.0 Å². The molecule has 1 fully saturated rings. The number of nitrogens with two attached hydrogens (primary N) is 1. The van der Waals surface area contributed by atoms with E-state index in [0.717, 1.165) is 18.4 Å². The Morgan fingerprint density at radius 1 is 1.30 bits per heavy atom. The van der Waals surface area contributed by atoms with Crippen LogP contribution in [0.4, 0.5) is 5.69 Å². The molecule has 0 spiro atoms. The van der Waals surface area contributed by atoms with Crippen LogP contribution in [-0.2, 0) is 15.0 Å². The van der Waals surface area contributed by atoms with Crippen molar-refractivity contribution in [2.45, 2.75) is 25.2 Å². The topological polar surface area (TPSA) is 75.4 Å². The van der Waals surface area contributed by atoms with Crippen molar-refractivity contribution < 1.29 is 9.59 Å². The first kappa shape index (κ1) is 14.4. The van der Waals surface area contributed by atoms with Crippen LogP contribution in [-0.4, -0.2) is 36.9 Å². The summed E-state index contributed by atoms with van der Waals surface area (Å²) in [5.74, 6) is -0.144. The highest BCUT2D eigenvalue weighted by Gasteiger charge is 2.51. The van der Waals surface area contributed by atoms with Crippen LogP contribution in [0.5, 0.6) is 0 Å². The first-order chi connectivity index (χ1) is 9.49. The normalized spacial score (nSPS) is 15.5. The van der Waals surface area contributed by atoms with E-state index in [4.69, 9.17) is 5.73 Å². The van der Waals surface area contributed by atoms with Crippen LogP contribution in [0.3, 0.4) is 0 Å². The lowest BCUT2D eigenvalue weighted by molar-refractivity contribution is -0.132. The smallest absolute Gasteiger partial charge is 0.241 e. The lowest BCUT2D eigenvalue weighted by Crippen LogP contribution is -2.42. The molecule has 0 heterocycles. The Bertz CT molecular complexity index is 506. The molecule has 1 aromatic carbocycles. The van der Waals surface area contributed by atoms with Crippen LogP contribution in [0.2, 0.25) is 0 Å². The van der Waals surface area contributed by atoms with Crippen molar-refractivity contribution >= 4 is 17.5 Å². The predicted molar refractivity (Wildman–Crippen MR) is 78.1 cm³/mol. The molecule has 5 nitrogen and oxygen atoms in total. The van der Waals surface area contributed by atoms with Gasteiger partial charge in [-0.05, 0) is 37.5 Å². The van der Waals surface area contributed by atoms with Crippen LogP contribution in [0.1, 0.15) is 25.3 Å². The number of likely N-dealkylation sites (N-methyl/N-ethyl adjacent to an activating group) is 1. The predicted octanol–water partition coefficient (Wildman–Crippen LogP) is 0.895. The second-order valence-corrected chi connectivity index (χ2v) is 5.29. The molecule has 20 heavy (non-hydrogen) atoms. The molecule has 1 aliphatic rings. The molecule has 1 saturated carbocycles. The number of carbonyl (C=O) groups excluding carboxylic acids is 2. The maximum absolute atomic E-state index is 12.3. The number of carbonyl (C=O) groups is 2. The number of nitrogens with one attached hydrogen (secondary N) is 1. The Balaban J connectivity index is 1.99. The Morgan fingerprint density at radius 2 is 1.90 bits per heavy atom. The van der Waals surface area contributed by atoms with E-state index < -0.39 is 5.41 Å². The van der Waals surface area contributed by atoms with E-state index >= 15 is 0 Å². The molecule has 5 heteroatoms. The number of nitrogen functional groups attached to an aromatic ring is 1. The standard InChI is InChI=1S/C15H21N3O2/c1-3-18(2)13(19)10-17-14(20)15(8-9-15)11-4-6-12(16)7-5-11/h4-7H,3,8-10,16H2,1-2H3,(H,17,20). The van der Waals surface area contributed by atoms with E-state index in [2.05, 4.69) is 5.32 Å². The van der Waals surface area contributed by atoms with Crippen molar-refractivity contribution in [3.8, 4) is 0 Å². The van der Waals surface area contributed by atoms with Crippen molar-refractivity contribution in [1.29, 1.82) is 0 Å². The molecule has 0 radical (unpaired) electrons. The third-order valence-electron chi connectivity index (χ3n) is 3.95. The Hall–Kier alpha value is -2.04. The molecule has 0 unspecified atom stereocenters. The third kappa shape index (κ3) is 2.76. The first-order valence-electron chi connectivity index (χ1n) is 6.88. The number of anilines is 1. The SMILES string of the molecule is CCN(C)C(=O)CNC(=O)C1(c2ccc(N)cc2)CC1. The number of hydrogen-bond acceptors (Lipinski definition) is 3. The summed E-state index contributed by atoms with van der Waals surface area (Å²) in [5, 5.41) is 2.75. The minimum absolute atomic E-state index is 0.0555. The van der Waals surface area contributed by atoms with Crippen molar-refractivity contribution in [3.05, 3.63) is 29.8 Å². The molecule has 0 bridgehead atoms. The molecule has 3 N–H and O–H groups in total. The molecule has 0 aliphatic heterocycles. The fourth-order valence-corrected chi connectivity index (χ4v) is 2.21. The zero-order valence-corrected chi connectivity index (χ0v) is 12.0. The number of benzene rings is 1. The fraction of sp³-hybridized carbons (Fsp3) is 0.467. The number of hydrogen-bond donors (Lipinski definition) is 2. The van der Waals surface area contributed by atoms with Gasteiger partial charge in [-0.25, -0.2) is 0 Å². The second kappa shape index (κ2) is 5.53. The molecular formula is C15H21N3O2. The molecule has 2 amide bonds.